The fraction of sp³-hybridized carbons (Fsp3) is 0.100. The number of pyridine rings is 1. The normalized spacial score (nSPS) is 9.93. The van der Waals surface area contributed by atoms with Crippen molar-refractivity contribution in [3.05, 3.63) is 35.5 Å². The van der Waals surface area contributed by atoms with E-state index in [4.69, 9.17) is 0 Å². The van der Waals surface area contributed by atoms with Gasteiger partial charge in [0, 0.05) is 18.5 Å². The van der Waals surface area contributed by atoms with Gasteiger partial charge in [0.15, 0.2) is 10.9 Å². The Hall–Kier alpha value is -1.75. The van der Waals surface area contributed by atoms with Crippen molar-refractivity contribution in [1.29, 1.82) is 0 Å². The lowest BCUT2D eigenvalue weighted by molar-refractivity contribution is 0.101. The fourth-order valence-electron chi connectivity index (χ4n) is 1.04. The van der Waals surface area contributed by atoms with Crippen molar-refractivity contribution in [1.82, 2.24) is 9.97 Å². The van der Waals surface area contributed by atoms with Gasteiger partial charge in [0.25, 0.3) is 0 Å². The Labute approximate surface area is 91.0 Å². The van der Waals surface area contributed by atoms with E-state index in [0.29, 0.717) is 10.8 Å². The lowest BCUT2D eigenvalue weighted by Gasteiger charge is -1.98. The number of Topliss-reactive ketones (excluding diaryl/α,β-unsaturated/α-hetero) is 1. The molecule has 2 aromatic rings. The van der Waals surface area contributed by atoms with Crippen LogP contribution >= 0.6 is 11.3 Å². The number of hydrogen-bond acceptors (Lipinski definition) is 5. The molecular formula is C10H9N3OS. The number of carbonyl (C=O) groups excluding carboxylic acids is 1. The number of thiazole rings is 1. The third kappa shape index (κ3) is 2.38. The second-order valence-corrected chi connectivity index (χ2v) is 3.79. The second kappa shape index (κ2) is 4.18. The lowest BCUT2D eigenvalue weighted by Crippen LogP contribution is -1.95. The molecule has 0 fully saturated rings. The minimum Gasteiger partial charge on any atom is -0.316 e. The maximum atomic E-state index is 11.0. The van der Waals surface area contributed by atoms with Gasteiger partial charge >= 0.3 is 0 Å². The smallest absolute Gasteiger partial charge is 0.188 e. The molecule has 0 saturated heterocycles. The van der Waals surface area contributed by atoms with Gasteiger partial charge in [-0.2, -0.15) is 0 Å². The molecule has 2 heterocycles. The van der Waals surface area contributed by atoms with Crippen molar-refractivity contribution in [3.8, 4) is 0 Å². The standard InChI is InChI=1S/C10H9N3OS/c1-7(14)8-6-15-10(12-8)13-9-4-2-3-5-11-9/h2-6H,1H3,(H,11,12,13). The maximum absolute atomic E-state index is 11.0. The summed E-state index contributed by atoms with van der Waals surface area (Å²) in [6.07, 6.45) is 1.70. The Morgan fingerprint density at radius 3 is 2.93 bits per heavy atom. The molecule has 0 saturated carbocycles. The van der Waals surface area contributed by atoms with Crippen LogP contribution in [0.4, 0.5) is 10.9 Å². The molecule has 0 amide bonds. The summed E-state index contributed by atoms with van der Waals surface area (Å²) < 4.78 is 0. The van der Waals surface area contributed by atoms with E-state index in [1.54, 1.807) is 11.6 Å². The summed E-state index contributed by atoms with van der Waals surface area (Å²) in [6, 6.07) is 5.57. The SMILES string of the molecule is CC(=O)c1csc(Nc2ccccn2)n1. The Balaban J connectivity index is 2.15. The molecule has 0 atom stereocenters. The minimum atomic E-state index is -0.0275. The first-order valence-corrected chi connectivity index (χ1v) is 5.28. The summed E-state index contributed by atoms with van der Waals surface area (Å²) in [4.78, 5) is 19.2. The highest BCUT2D eigenvalue weighted by Crippen LogP contribution is 2.19. The molecule has 0 bridgehead atoms. The van der Waals surface area contributed by atoms with Gasteiger partial charge in [-0.1, -0.05) is 6.07 Å². The van der Waals surface area contributed by atoms with Gasteiger partial charge in [-0.15, -0.1) is 11.3 Å². The van der Waals surface area contributed by atoms with E-state index in [1.165, 1.54) is 18.3 Å². The Morgan fingerprint density at radius 1 is 1.47 bits per heavy atom. The lowest BCUT2D eigenvalue weighted by atomic mass is 10.4. The molecule has 0 aliphatic carbocycles. The summed E-state index contributed by atoms with van der Waals surface area (Å²) in [5, 5.41) is 5.43. The quantitative estimate of drug-likeness (QED) is 0.806. The molecule has 0 aliphatic rings. The molecule has 0 spiro atoms. The van der Waals surface area contributed by atoms with E-state index >= 15 is 0 Å². The number of anilines is 2. The molecule has 15 heavy (non-hydrogen) atoms. The molecule has 2 aromatic heterocycles. The zero-order chi connectivity index (χ0) is 10.7. The van der Waals surface area contributed by atoms with Gasteiger partial charge in [-0.05, 0) is 12.1 Å². The van der Waals surface area contributed by atoms with E-state index in [2.05, 4.69) is 15.3 Å². The van der Waals surface area contributed by atoms with E-state index in [9.17, 15) is 4.79 Å². The number of hydrogen-bond donors (Lipinski definition) is 1. The summed E-state index contributed by atoms with van der Waals surface area (Å²) in [6.45, 7) is 1.50. The minimum absolute atomic E-state index is 0.0275. The van der Waals surface area contributed by atoms with Crippen LogP contribution in [0, 0.1) is 0 Å². The Morgan fingerprint density at radius 2 is 2.33 bits per heavy atom. The van der Waals surface area contributed by atoms with Gasteiger partial charge in [-0.3, -0.25) is 4.79 Å². The van der Waals surface area contributed by atoms with E-state index in [-0.39, 0.29) is 5.78 Å². The zero-order valence-electron chi connectivity index (χ0n) is 8.10. The number of ketones is 1. The monoisotopic (exact) mass is 219 g/mol. The molecular weight excluding hydrogens is 210 g/mol. The van der Waals surface area contributed by atoms with Gasteiger partial charge in [0.05, 0.1) is 0 Å². The molecule has 0 unspecified atom stereocenters. The molecule has 76 valence electrons. The van der Waals surface area contributed by atoms with Crippen molar-refractivity contribution in [2.24, 2.45) is 0 Å². The van der Waals surface area contributed by atoms with E-state index in [1.807, 2.05) is 18.2 Å². The summed E-state index contributed by atoms with van der Waals surface area (Å²) in [7, 11) is 0. The van der Waals surface area contributed by atoms with Crippen LogP contribution in [-0.4, -0.2) is 15.8 Å². The van der Waals surface area contributed by atoms with Gasteiger partial charge in [0.1, 0.15) is 11.5 Å². The average Bonchev–Trinajstić information content (AvgIpc) is 2.68. The average molecular weight is 219 g/mol. The fourth-order valence-corrected chi connectivity index (χ4v) is 1.80. The predicted molar refractivity (Wildman–Crippen MR) is 59.6 cm³/mol. The molecule has 0 aliphatic heterocycles. The number of rotatable bonds is 3. The largest absolute Gasteiger partial charge is 0.316 e. The number of carbonyl (C=O) groups is 1. The van der Waals surface area contributed by atoms with E-state index < -0.39 is 0 Å². The predicted octanol–water partition coefficient (Wildman–Crippen LogP) is 2.48. The van der Waals surface area contributed by atoms with Gasteiger partial charge < -0.3 is 5.32 Å². The van der Waals surface area contributed by atoms with Gasteiger partial charge in [-0.25, -0.2) is 9.97 Å². The highest BCUT2D eigenvalue weighted by molar-refractivity contribution is 7.14. The van der Waals surface area contributed by atoms with Crippen molar-refractivity contribution >= 4 is 28.1 Å². The van der Waals surface area contributed by atoms with Crippen molar-refractivity contribution in [3.63, 3.8) is 0 Å². The van der Waals surface area contributed by atoms with Crippen LogP contribution in [0.1, 0.15) is 17.4 Å². The third-order valence-corrected chi connectivity index (χ3v) is 2.52. The second-order valence-electron chi connectivity index (χ2n) is 2.93. The molecule has 1 N–H and O–H groups in total. The Bertz CT molecular complexity index is 467. The number of nitrogens with zero attached hydrogens (tertiary/aromatic N) is 2. The van der Waals surface area contributed by atoms with Crippen molar-refractivity contribution in [2.75, 3.05) is 5.32 Å². The van der Waals surface area contributed by atoms with E-state index in [0.717, 1.165) is 5.82 Å². The number of nitrogens with one attached hydrogen (secondary N) is 1. The highest BCUT2D eigenvalue weighted by Gasteiger charge is 2.05. The topological polar surface area (TPSA) is 54.9 Å². The van der Waals surface area contributed by atoms with Crippen LogP contribution in [0.25, 0.3) is 0 Å². The molecule has 0 radical (unpaired) electrons. The number of aromatic nitrogens is 2. The third-order valence-electron chi connectivity index (χ3n) is 1.76. The van der Waals surface area contributed by atoms with Gasteiger partial charge in [0.2, 0.25) is 0 Å². The van der Waals surface area contributed by atoms with Crippen molar-refractivity contribution in [2.45, 2.75) is 6.92 Å². The zero-order valence-corrected chi connectivity index (χ0v) is 8.91. The molecule has 5 heteroatoms. The van der Waals surface area contributed by atoms with Crippen LogP contribution in [0.5, 0.6) is 0 Å². The molecule has 0 aromatic carbocycles. The summed E-state index contributed by atoms with van der Waals surface area (Å²) in [5.74, 6) is 0.697. The molecule has 2 rings (SSSR count). The first-order chi connectivity index (χ1) is 7.25. The summed E-state index contributed by atoms with van der Waals surface area (Å²) in [5.41, 5.74) is 0.485. The maximum Gasteiger partial charge on any atom is 0.188 e. The van der Waals surface area contributed by atoms with Crippen molar-refractivity contribution < 1.29 is 4.79 Å². The van der Waals surface area contributed by atoms with Crippen LogP contribution in [0.2, 0.25) is 0 Å². The Kier molecular flexibility index (Phi) is 2.73. The first kappa shape index (κ1) is 9.79. The van der Waals surface area contributed by atoms with Crippen LogP contribution in [0.15, 0.2) is 29.8 Å². The van der Waals surface area contributed by atoms with Crippen LogP contribution in [0.3, 0.4) is 0 Å². The molecule has 4 nitrogen and oxygen atoms in total. The first-order valence-electron chi connectivity index (χ1n) is 4.40. The highest BCUT2D eigenvalue weighted by atomic mass is 32.1. The summed E-state index contributed by atoms with van der Waals surface area (Å²) >= 11 is 1.39. The van der Waals surface area contributed by atoms with Crippen LogP contribution < -0.4 is 5.32 Å². The van der Waals surface area contributed by atoms with Crippen LogP contribution in [-0.2, 0) is 0 Å².